The van der Waals surface area contributed by atoms with Crippen LogP contribution in [-0.4, -0.2) is 46.0 Å². The van der Waals surface area contributed by atoms with Crippen molar-refractivity contribution in [3.63, 3.8) is 0 Å². The lowest BCUT2D eigenvalue weighted by Crippen LogP contribution is -2.36. The summed E-state index contributed by atoms with van der Waals surface area (Å²) >= 11 is 0. The topological polar surface area (TPSA) is 164 Å². The van der Waals surface area contributed by atoms with Crippen LogP contribution in [0.25, 0.3) is 0 Å². The molecule has 0 fully saturated rings. The Balaban J connectivity index is 1.69. The number of nitrogens with zero attached hydrogens (tertiary/aromatic N) is 2. The molecule has 0 unspecified atom stereocenters. The molecule has 1 aromatic heterocycles. The molecule has 2 aromatic rings. The molecule has 202 valence electrons. The summed E-state index contributed by atoms with van der Waals surface area (Å²) in [4.78, 5) is 28.3. The minimum atomic E-state index is -4.14. The number of carbonyl (C=O) groups is 1. The molecule has 1 aliphatic heterocycles. The fourth-order valence-electron chi connectivity index (χ4n) is 3.46. The van der Waals surface area contributed by atoms with Crippen LogP contribution in [0.15, 0.2) is 59.2 Å². The number of ether oxygens (including phenoxy) is 2. The molecular formula is C24H33N4O8P. The molecule has 12 nitrogen and oxygen atoms in total. The highest BCUT2D eigenvalue weighted by Crippen LogP contribution is 2.45. The Morgan fingerprint density at radius 3 is 2.62 bits per heavy atom. The van der Waals surface area contributed by atoms with Crippen LogP contribution in [0.3, 0.4) is 0 Å². The number of aliphatic hydroxyl groups is 1. The van der Waals surface area contributed by atoms with Crippen LogP contribution < -0.4 is 21.0 Å². The van der Waals surface area contributed by atoms with Gasteiger partial charge in [0, 0.05) is 6.20 Å². The zero-order valence-electron chi connectivity index (χ0n) is 21.0. The first kappa shape index (κ1) is 28.4. The minimum Gasteiger partial charge on any atom is -0.469 e. The smallest absolute Gasteiger partial charge is 0.459 e. The van der Waals surface area contributed by atoms with Gasteiger partial charge in [-0.3, -0.25) is 13.9 Å². The van der Waals surface area contributed by atoms with Gasteiger partial charge in [0.05, 0.1) is 6.61 Å². The average molecular weight is 537 g/mol. The number of nitrogen functional groups attached to an aromatic ring is 1. The number of carbonyl (C=O) groups excluding carboxylic acids is 1. The first-order valence-electron chi connectivity index (χ1n) is 12.0. The van der Waals surface area contributed by atoms with Crippen molar-refractivity contribution in [1.29, 1.82) is 0 Å². The van der Waals surface area contributed by atoms with E-state index in [0.717, 1.165) is 17.4 Å². The average Bonchev–Trinajstić information content (AvgIpc) is 3.24. The normalized spacial score (nSPS) is 19.5. The van der Waals surface area contributed by atoms with E-state index in [0.29, 0.717) is 0 Å². The number of esters is 1. The number of hydrogen-bond donors (Lipinski definition) is 3. The van der Waals surface area contributed by atoms with E-state index >= 15 is 0 Å². The number of aliphatic hydroxyl groups excluding tert-OH is 1. The minimum absolute atomic E-state index is 0.0304. The molecule has 3 rings (SSSR count). The van der Waals surface area contributed by atoms with Gasteiger partial charge >= 0.3 is 19.4 Å². The van der Waals surface area contributed by atoms with Crippen molar-refractivity contribution >= 4 is 19.5 Å². The summed E-state index contributed by atoms with van der Waals surface area (Å²) in [7, 11) is -4.14. The van der Waals surface area contributed by atoms with E-state index in [1.807, 2.05) is 13.8 Å². The highest BCUT2D eigenvalue weighted by molar-refractivity contribution is 7.52. The van der Waals surface area contributed by atoms with Crippen molar-refractivity contribution in [1.82, 2.24) is 14.6 Å². The summed E-state index contributed by atoms with van der Waals surface area (Å²) in [6, 6.07) is 8.68. The predicted molar refractivity (Wildman–Crippen MR) is 135 cm³/mol. The second-order valence-corrected chi connectivity index (χ2v) is 10.2. The summed E-state index contributed by atoms with van der Waals surface area (Å²) in [5, 5.41) is 13.0. The van der Waals surface area contributed by atoms with Gasteiger partial charge < -0.3 is 24.8 Å². The maximum absolute atomic E-state index is 13.6. The third kappa shape index (κ3) is 7.90. The molecule has 0 spiro atoms. The summed E-state index contributed by atoms with van der Waals surface area (Å²) in [5.41, 5.74) is 4.80. The number of hydrogen-bond acceptors (Lipinski definition) is 10. The Morgan fingerprint density at radius 1 is 1.27 bits per heavy atom. The van der Waals surface area contributed by atoms with Gasteiger partial charge in [0.15, 0.2) is 0 Å². The SMILES string of the molecule is CCC(CC)COC(=O)[C@H](C)N[P@](=O)(OCC1=C[C@@H](O)[C@H](n2ccc(N)nc2=O)O1)Oc1ccccc1. The van der Waals surface area contributed by atoms with Gasteiger partial charge in [0.1, 0.15) is 36.1 Å². The molecule has 37 heavy (non-hydrogen) atoms. The quantitative estimate of drug-likeness (QED) is 0.255. The maximum atomic E-state index is 13.6. The number of benzene rings is 1. The van der Waals surface area contributed by atoms with Crippen molar-refractivity contribution in [2.45, 2.75) is 52.0 Å². The molecule has 0 aliphatic carbocycles. The molecule has 1 aromatic carbocycles. The number of nitrogens with one attached hydrogen (secondary N) is 1. The molecule has 0 saturated heterocycles. The predicted octanol–water partition coefficient (Wildman–Crippen LogP) is 2.76. The van der Waals surface area contributed by atoms with E-state index < -0.39 is 44.4 Å². The Bertz CT molecular complexity index is 1180. The zero-order chi connectivity index (χ0) is 27.0. The monoisotopic (exact) mass is 536 g/mol. The lowest BCUT2D eigenvalue weighted by molar-refractivity contribution is -0.146. The molecule has 4 atom stereocenters. The molecule has 4 N–H and O–H groups in total. The molecule has 0 saturated carbocycles. The first-order chi connectivity index (χ1) is 17.6. The van der Waals surface area contributed by atoms with Crippen LogP contribution in [0.5, 0.6) is 5.75 Å². The van der Waals surface area contributed by atoms with E-state index in [9.17, 15) is 19.3 Å². The number of para-hydroxylation sites is 1. The number of anilines is 1. The highest BCUT2D eigenvalue weighted by Gasteiger charge is 2.35. The first-order valence-corrected chi connectivity index (χ1v) is 13.5. The second kappa shape index (κ2) is 12.9. The van der Waals surface area contributed by atoms with Crippen molar-refractivity contribution in [3.8, 4) is 5.75 Å². The molecule has 1 aliphatic rings. The zero-order valence-corrected chi connectivity index (χ0v) is 21.9. The van der Waals surface area contributed by atoms with Crippen molar-refractivity contribution < 1.29 is 33.0 Å². The van der Waals surface area contributed by atoms with Crippen molar-refractivity contribution in [2.75, 3.05) is 18.9 Å². The van der Waals surface area contributed by atoms with Crippen molar-refractivity contribution in [2.24, 2.45) is 5.92 Å². The summed E-state index contributed by atoms with van der Waals surface area (Å²) in [6.45, 7) is 5.38. The van der Waals surface area contributed by atoms with Gasteiger partial charge in [0.2, 0.25) is 6.23 Å². The summed E-state index contributed by atoms with van der Waals surface area (Å²) in [6.07, 6.45) is 2.07. The summed E-state index contributed by atoms with van der Waals surface area (Å²) < 4.78 is 36.9. The Kier molecular flexibility index (Phi) is 9.87. The lowest BCUT2D eigenvalue weighted by Gasteiger charge is -2.24. The second-order valence-electron chi connectivity index (χ2n) is 8.51. The van der Waals surface area contributed by atoms with Gasteiger partial charge in [-0.25, -0.2) is 9.36 Å². The highest BCUT2D eigenvalue weighted by atomic mass is 31.2. The van der Waals surface area contributed by atoms with E-state index in [4.69, 9.17) is 24.3 Å². The molecule has 2 heterocycles. The van der Waals surface area contributed by atoms with Gasteiger partial charge in [-0.2, -0.15) is 10.1 Å². The van der Waals surface area contributed by atoms with Crippen LogP contribution in [0, 0.1) is 5.92 Å². The van der Waals surface area contributed by atoms with Gasteiger partial charge in [0.25, 0.3) is 0 Å². The number of rotatable bonds is 13. The van der Waals surface area contributed by atoms with Crippen LogP contribution in [-0.2, 0) is 23.4 Å². The molecule has 0 radical (unpaired) electrons. The van der Waals surface area contributed by atoms with Crippen molar-refractivity contribution in [3.05, 3.63) is 64.9 Å². The number of nitrogens with two attached hydrogens (primary N) is 1. The van der Waals surface area contributed by atoms with Crippen LogP contribution in [0.4, 0.5) is 5.82 Å². The molecule has 0 bridgehead atoms. The Hall–Kier alpha value is -3.18. The standard InChI is InChI=1S/C24H33N4O8P/c1-4-17(5-2)14-33-23(30)16(3)27-37(32,36-18-9-7-6-8-10-18)34-15-19-13-20(29)22(35-19)28-12-11-21(25)26-24(28)31/h6-13,16-17,20,22,29H,4-5,14-15H2,1-3H3,(H,27,32)(H2,25,26,31)/t16-,20+,22+,37-/m0/s1. The van der Waals surface area contributed by atoms with E-state index in [-0.39, 0.29) is 29.9 Å². The van der Waals surface area contributed by atoms with Gasteiger partial charge in [-0.15, -0.1) is 0 Å². The van der Waals surface area contributed by atoms with Crippen LogP contribution >= 0.6 is 7.75 Å². The molecular weight excluding hydrogens is 503 g/mol. The third-order valence-corrected chi connectivity index (χ3v) is 7.34. The Morgan fingerprint density at radius 2 is 1.97 bits per heavy atom. The third-order valence-electron chi connectivity index (χ3n) is 5.71. The Labute approximate surface area is 215 Å². The van der Waals surface area contributed by atoms with Gasteiger partial charge in [-0.05, 0) is 37.1 Å². The van der Waals surface area contributed by atoms with Crippen LogP contribution in [0.2, 0.25) is 0 Å². The molecule has 13 heteroatoms. The fraction of sp³-hybridized carbons (Fsp3) is 0.458. The van der Waals surface area contributed by atoms with E-state index in [1.54, 1.807) is 30.3 Å². The number of aromatic nitrogens is 2. The van der Waals surface area contributed by atoms with Gasteiger partial charge in [-0.1, -0.05) is 44.9 Å². The lowest BCUT2D eigenvalue weighted by atomic mass is 10.1. The summed E-state index contributed by atoms with van der Waals surface area (Å²) in [5.74, 6) is 0.00483. The maximum Gasteiger partial charge on any atom is 0.459 e. The fourth-order valence-corrected chi connectivity index (χ4v) is 4.91. The van der Waals surface area contributed by atoms with E-state index in [2.05, 4.69) is 10.1 Å². The molecule has 0 amide bonds. The van der Waals surface area contributed by atoms with E-state index in [1.165, 1.54) is 25.3 Å². The van der Waals surface area contributed by atoms with Crippen LogP contribution in [0.1, 0.15) is 39.8 Å². The largest absolute Gasteiger partial charge is 0.469 e.